The number of amides is 1. The van der Waals surface area contributed by atoms with E-state index in [0.717, 1.165) is 19.3 Å². The molecule has 0 radical (unpaired) electrons. The molecule has 1 aromatic rings. The fraction of sp³-hybridized carbons (Fsp3) is 0.533. The van der Waals surface area contributed by atoms with Crippen LogP contribution in [0.25, 0.3) is 0 Å². The number of hydrogen-bond donors (Lipinski definition) is 1. The van der Waals surface area contributed by atoms with Crippen LogP contribution in [-0.4, -0.2) is 34.1 Å². The highest BCUT2D eigenvalue weighted by Gasteiger charge is 2.40. The first-order valence-electron chi connectivity index (χ1n) is 7.02. The zero-order valence-electron chi connectivity index (χ0n) is 11.1. The van der Waals surface area contributed by atoms with E-state index in [1.807, 2.05) is 4.90 Å². The van der Waals surface area contributed by atoms with Crippen molar-refractivity contribution < 1.29 is 14.3 Å². The molecular formula is C15H17ClFNO2. The Hall–Kier alpha value is -1.13. The molecule has 0 aromatic heterocycles. The van der Waals surface area contributed by atoms with Crippen LogP contribution < -0.4 is 0 Å². The van der Waals surface area contributed by atoms with Gasteiger partial charge in [0.25, 0.3) is 5.91 Å². The summed E-state index contributed by atoms with van der Waals surface area (Å²) in [5.41, 5.74) is 0.348. The highest BCUT2D eigenvalue weighted by molar-refractivity contribution is 6.33. The van der Waals surface area contributed by atoms with Gasteiger partial charge in [0.15, 0.2) is 0 Å². The summed E-state index contributed by atoms with van der Waals surface area (Å²) in [4.78, 5) is 14.5. The van der Waals surface area contributed by atoms with Crippen LogP contribution in [0.15, 0.2) is 18.2 Å². The number of fused-ring (bicyclic) bond motifs is 2. The molecule has 2 fully saturated rings. The molecule has 2 saturated heterocycles. The van der Waals surface area contributed by atoms with Crippen LogP contribution in [0.5, 0.6) is 0 Å². The number of piperidine rings is 2. The van der Waals surface area contributed by atoms with Gasteiger partial charge in [0.05, 0.1) is 16.7 Å². The lowest BCUT2D eigenvalue weighted by molar-refractivity contribution is -0.0150. The SMILES string of the molecule is O=C(c1ccc(F)cc1Cl)N1[C@@H]2CCC[C@H]1CC(O)C2. The van der Waals surface area contributed by atoms with Crippen LogP contribution in [0.4, 0.5) is 4.39 Å². The molecule has 2 heterocycles. The normalized spacial score (nSPS) is 29.4. The van der Waals surface area contributed by atoms with Crippen LogP contribution >= 0.6 is 11.6 Å². The number of nitrogens with zero attached hydrogens (tertiary/aromatic N) is 1. The first kappa shape index (κ1) is 13.8. The van der Waals surface area contributed by atoms with Gasteiger partial charge in [-0.1, -0.05) is 11.6 Å². The van der Waals surface area contributed by atoms with Crippen LogP contribution in [-0.2, 0) is 0 Å². The smallest absolute Gasteiger partial charge is 0.255 e. The first-order chi connectivity index (χ1) is 9.56. The third kappa shape index (κ3) is 2.42. The van der Waals surface area contributed by atoms with Crippen LogP contribution in [0.3, 0.4) is 0 Å². The van der Waals surface area contributed by atoms with Gasteiger partial charge in [0.2, 0.25) is 0 Å². The molecule has 2 aliphatic heterocycles. The lowest BCUT2D eigenvalue weighted by atomic mass is 9.82. The summed E-state index contributed by atoms with van der Waals surface area (Å²) in [6, 6.07) is 4.02. The Morgan fingerprint density at radius 1 is 1.30 bits per heavy atom. The Kier molecular flexibility index (Phi) is 3.69. The Balaban J connectivity index is 1.89. The van der Waals surface area contributed by atoms with E-state index < -0.39 is 5.82 Å². The molecule has 0 aliphatic carbocycles. The molecule has 0 spiro atoms. The molecule has 108 valence electrons. The van der Waals surface area contributed by atoms with Crippen molar-refractivity contribution in [3.8, 4) is 0 Å². The summed E-state index contributed by atoms with van der Waals surface area (Å²) in [6.45, 7) is 0. The summed E-state index contributed by atoms with van der Waals surface area (Å²) < 4.78 is 13.1. The lowest BCUT2D eigenvalue weighted by Crippen LogP contribution is -2.55. The minimum Gasteiger partial charge on any atom is -0.393 e. The number of benzene rings is 1. The maximum absolute atomic E-state index is 13.1. The third-order valence-corrected chi connectivity index (χ3v) is 4.66. The van der Waals surface area contributed by atoms with E-state index in [-0.39, 0.29) is 29.1 Å². The summed E-state index contributed by atoms with van der Waals surface area (Å²) >= 11 is 5.99. The Morgan fingerprint density at radius 2 is 1.95 bits per heavy atom. The van der Waals surface area contributed by atoms with Gasteiger partial charge in [-0.2, -0.15) is 0 Å². The Bertz CT molecular complexity index is 523. The van der Waals surface area contributed by atoms with E-state index in [0.29, 0.717) is 18.4 Å². The van der Waals surface area contributed by atoms with Gasteiger partial charge in [-0.05, 0) is 50.3 Å². The van der Waals surface area contributed by atoms with Gasteiger partial charge in [0, 0.05) is 12.1 Å². The zero-order chi connectivity index (χ0) is 14.3. The monoisotopic (exact) mass is 297 g/mol. The number of aliphatic hydroxyl groups excluding tert-OH is 1. The number of carbonyl (C=O) groups is 1. The number of hydrogen-bond acceptors (Lipinski definition) is 2. The second-order valence-electron chi connectivity index (χ2n) is 5.70. The zero-order valence-corrected chi connectivity index (χ0v) is 11.8. The quantitative estimate of drug-likeness (QED) is 0.865. The molecule has 3 rings (SSSR count). The molecule has 0 saturated carbocycles. The second-order valence-corrected chi connectivity index (χ2v) is 6.11. The Labute approximate surface area is 122 Å². The van der Waals surface area contributed by atoms with E-state index in [1.165, 1.54) is 18.2 Å². The molecule has 1 amide bonds. The van der Waals surface area contributed by atoms with Gasteiger partial charge in [-0.3, -0.25) is 4.79 Å². The third-order valence-electron chi connectivity index (χ3n) is 4.35. The van der Waals surface area contributed by atoms with E-state index in [9.17, 15) is 14.3 Å². The van der Waals surface area contributed by atoms with Gasteiger partial charge < -0.3 is 10.0 Å². The molecule has 1 unspecified atom stereocenters. The largest absolute Gasteiger partial charge is 0.393 e. The molecule has 3 atom stereocenters. The fourth-order valence-electron chi connectivity index (χ4n) is 3.49. The van der Waals surface area contributed by atoms with Crippen molar-refractivity contribution >= 4 is 17.5 Å². The van der Waals surface area contributed by atoms with Crippen molar-refractivity contribution in [2.45, 2.75) is 50.3 Å². The van der Waals surface area contributed by atoms with E-state index >= 15 is 0 Å². The van der Waals surface area contributed by atoms with E-state index in [4.69, 9.17) is 11.6 Å². The van der Waals surface area contributed by atoms with Crippen molar-refractivity contribution in [1.82, 2.24) is 4.90 Å². The van der Waals surface area contributed by atoms with Crippen molar-refractivity contribution in [3.05, 3.63) is 34.6 Å². The van der Waals surface area contributed by atoms with Gasteiger partial charge >= 0.3 is 0 Å². The fourth-order valence-corrected chi connectivity index (χ4v) is 3.73. The van der Waals surface area contributed by atoms with Gasteiger partial charge in [0.1, 0.15) is 5.82 Å². The average molecular weight is 298 g/mol. The average Bonchev–Trinajstić information content (AvgIpc) is 2.36. The molecular weight excluding hydrogens is 281 g/mol. The maximum Gasteiger partial charge on any atom is 0.255 e. The summed E-state index contributed by atoms with van der Waals surface area (Å²) in [6.07, 6.45) is 3.85. The number of carbonyl (C=O) groups excluding carboxylic acids is 1. The number of rotatable bonds is 1. The van der Waals surface area contributed by atoms with Crippen molar-refractivity contribution in [2.24, 2.45) is 0 Å². The predicted molar refractivity (Wildman–Crippen MR) is 74.2 cm³/mol. The number of halogens is 2. The molecule has 5 heteroatoms. The minimum atomic E-state index is -0.444. The second kappa shape index (κ2) is 5.34. The highest BCUT2D eigenvalue weighted by Crippen LogP contribution is 2.36. The van der Waals surface area contributed by atoms with Crippen LogP contribution in [0.2, 0.25) is 5.02 Å². The molecule has 3 nitrogen and oxygen atoms in total. The number of aliphatic hydroxyl groups is 1. The van der Waals surface area contributed by atoms with Gasteiger partial charge in [-0.25, -0.2) is 4.39 Å². The van der Waals surface area contributed by atoms with E-state index in [1.54, 1.807) is 0 Å². The summed E-state index contributed by atoms with van der Waals surface area (Å²) in [5, 5.41) is 10.0. The standard InChI is InChI=1S/C15H17ClFNO2/c16-14-6-9(17)4-5-13(14)15(20)18-10-2-1-3-11(18)8-12(19)7-10/h4-6,10-12,19H,1-3,7-8H2/t10-,11+,12?. The van der Waals surface area contributed by atoms with Crippen LogP contribution in [0, 0.1) is 5.82 Å². The predicted octanol–water partition coefficient (Wildman–Crippen LogP) is 3.00. The van der Waals surface area contributed by atoms with E-state index in [2.05, 4.69) is 0 Å². The van der Waals surface area contributed by atoms with Crippen LogP contribution in [0.1, 0.15) is 42.5 Å². The minimum absolute atomic E-state index is 0.0751. The Morgan fingerprint density at radius 3 is 2.55 bits per heavy atom. The molecule has 1 N–H and O–H groups in total. The van der Waals surface area contributed by atoms with Crippen molar-refractivity contribution in [2.75, 3.05) is 0 Å². The van der Waals surface area contributed by atoms with Gasteiger partial charge in [-0.15, -0.1) is 0 Å². The van der Waals surface area contributed by atoms with Crippen molar-refractivity contribution in [1.29, 1.82) is 0 Å². The molecule has 2 bridgehead atoms. The highest BCUT2D eigenvalue weighted by atomic mass is 35.5. The molecule has 20 heavy (non-hydrogen) atoms. The first-order valence-corrected chi connectivity index (χ1v) is 7.40. The topological polar surface area (TPSA) is 40.5 Å². The summed E-state index contributed by atoms with van der Waals surface area (Å²) in [7, 11) is 0. The lowest BCUT2D eigenvalue weighted by Gasteiger charge is -2.47. The maximum atomic E-state index is 13.1. The molecule has 1 aromatic carbocycles. The molecule has 2 aliphatic rings. The van der Waals surface area contributed by atoms with Crippen molar-refractivity contribution in [3.63, 3.8) is 0 Å². The summed E-state index contributed by atoms with van der Waals surface area (Å²) in [5.74, 6) is -0.586.